The molecule has 16 heteroatoms. The molecule has 1 rings (SSSR count). The van der Waals surface area contributed by atoms with Gasteiger partial charge in [0, 0.05) is 25.6 Å². The van der Waals surface area contributed by atoms with Gasteiger partial charge in [-0.15, -0.1) is 0 Å². The van der Waals surface area contributed by atoms with Gasteiger partial charge in [-0.3, -0.25) is 33.6 Å². The zero-order valence-corrected chi connectivity index (χ0v) is 35.5. The number of aliphatic carboxylic acids is 2. The van der Waals surface area contributed by atoms with E-state index >= 15 is 0 Å². The Morgan fingerprint density at radius 2 is 1.16 bits per heavy atom. The van der Waals surface area contributed by atoms with Crippen LogP contribution in [0.5, 0.6) is 0 Å². The van der Waals surface area contributed by atoms with Gasteiger partial charge in [0.1, 0.15) is 30.2 Å². The van der Waals surface area contributed by atoms with Crippen molar-refractivity contribution in [2.24, 2.45) is 17.8 Å². The van der Waals surface area contributed by atoms with E-state index in [0.717, 1.165) is 5.56 Å². The maximum Gasteiger partial charge on any atom is 0.326 e. The number of carbonyl (C=O) groups excluding carboxylic acids is 6. The lowest BCUT2D eigenvalue weighted by atomic mass is 9.95. The average molecular weight is 803 g/mol. The van der Waals surface area contributed by atoms with Crippen LogP contribution in [0.2, 0.25) is 0 Å². The van der Waals surface area contributed by atoms with E-state index in [0.29, 0.717) is 12.8 Å². The lowest BCUT2D eigenvalue weighted by Crippen LogP contribution is -2.61. The maximum atomic E-state index is 14.1. The summed E-state index contributed by atoms with van der Waals surface area (Å²) in [5.41, 5.74) is 0.964. The molecule has 0 saturated heterocycles. The van der Waals surface area contributed by atoms with Gasteiger partial charge in [0.15, 0.2) is 0 Å². The molecule has 16 nitrogen and oxygen atoms in total. The Labute approximate surface area is 337 Å². The third-order valence-electron chi connectivity index (χ3n) is 9.72. The second-order valence-corrected chi connectivity index (χ2v) is 16.0. The summed E-state index contributed by atoms with van der Waals surface area (Å²) >= 11 is 0. The molecular formula is C41H66N6O10. The predicted octanol–water partition coefficient (Wildman–Crippen LogP) is 2.73. The molecule has 0 radical (unpaired) electrons. The molecule has 0 aliphatic carbocycles. The largest absolute Gasteiger partial charge is 0.481 e. The number of hydrogen-bond acceptors (Lipinski definition) is 8. The van der Waals surface area contributed by atoms with Crippen molar-refractivity contribution in [3.8, 4) is 0 Å². The van der Waals surface area contributed by atoms with Crippen LogP contribution in [0.25, 0.3) is 0 Å². The minimum absolute atomic E-state index is 0.0280. The number of nitrogens with zero attached hydrogens (tertiary/aromatic N) is 2. The molecule has 320 valence electrons. The molecular weight excluding hydrogens is 736 g/mol. The molecule has 0 spiro atoms. The van der Waals surface area contributed by atoms with Crippen LogP contribution in [0.15, 0.2) is 30.3 Å². The summed E-state index contributed by atoms with van der Waals surface area (Å²) in [5, 5.41) is 29.2. The summed E-state index contributed by atoms with van der Waals surface area (Å²) < 4.78 is 0. The summed E-state index contributed by atoms with van der Waals surface area (Å²) in [4.78, 5) is 109. The fraction of sp³-hybridized carbons (Fsp3) is 0.659. The summed E-state index contributed by atoms with van der Waals surface area (Å²) in [6, 6.07) is 1.85. The number of benzene rings is 1. The monoisotopic (exact) mass is 802 g/mol. The Balaban J connectivity index is 3.50. The van der Waals surface area contributed by atoms with E-state index < -0.39 is 90.4 Å². The van der Waals surface area contributed by atoms with Crippen molar-refractivity contribution >= 4 is 47.4 Å². The van der Waals surface area contributed by atoms with Crippen molar-refractivity contribution in [2.75, 3.05) is 7.05 Å². The van der Waals surface area contributed by atoms with Gasteiger partial charge in [-0.1, -0.05) is 78.3 Å². The van der Waals surface area contributed by atoms with E-state index in [-0.39, 0.29) is 42.7 Å². The summed E-state index contributed by atoms with van der Waals surface area (Å²) in [6.07, 6.45) is -0.465. The molecule has 0 heterocycles. The van der Waals surface area contributed by atoms with E-state index in [1.54, 1.807) is 69.2 Å². The molecule has 6 N–H and O–H groups in total. The van der Waals surface area contributed by atoms with Crippen LogP contribution in [-0.4, -0.2) is 117 Å². The number of hydrogen-bond donors (Lipinski definition) is 6. The molecule has 6 atom stereocenters. The average Bonchev–Trinajstić information content (AvgIpc) is 3.10. The lowest BCUT2D eigenvalue weighted by Gasteiger charge is -2.34. The number of nitrogens with one attached hydrogen (secondary N) is 4. The highest BCUT2D eigenvalue weighted by molar-refractivity contribution is 5.98. The van der Waals surface area contributed by atoms with Crippen LogP contribution in [0.3, 0.4) is 0 Å². The molecule has 1 unspecified atom stereocenters. The summed E-state index contributed by atoms with van der Waals surface area (Å²) in [6.45, 7) is 17.6. The van der Waals surface area contributed by atoms with Crippen LogP contribution in [0, 0.1) is 17.8 Å². The van der Waals surface area contributed by atoms with Gasteiger partial charge in [0.25, 0.3) is 0 Å². The molecule has 57 heavy (non-hydrogen) atoms. The Morgan fingerprint density at radius 3 is 1.61 bits per heavy atom. The van der Waals surface area contributed by atoms with Crippen molar-refractivity contribution in [2.45, 2.75) is 150 Å². The summed E-state index contributed by atoms with van der Waals surface area (Å²) in [5.74, 6) is -8.20. The zero-order valence-electron chi connectivity index (χ0n) is 35.5. The fourth-order valence-electron chi connectivity index (χ4n) is 6.64. The first-order valence-electron chi connectivity index (χ1n) is 19.8. The molecule has 0 bridgehead atoms. The van der Waals surface area contributed by atoms with Crippen LogP contribution in [-0.2, 0) is 44.8 Å². The smallest absolute Gasteiger partial charge is 0.326 e. The van der Waals surface area contributed by atoms with E-state index in [1.807, 2.05) is 30.3 Å². The normalized spacial score (nSPS) is 14.5. The van der Waals surface area contributed by atoms with Crippen LogP contribution >= 0.6 is 0 Å². The first-order valence-corrected chi connectivity index (χ1v) is 19.8. The number of carboxylic acid groups (broad SMARTS) is 2. The Kier molecular flexibility index (Phi) is 21.0. The molecule has 0 aliphatic rings. The van der Waals surface area contributed by atoms with E-state index in [2.05, 4.69) is 21.3 Å². The molecule has 0 fully saturated rings. The third-order valence-corrected chi connectivity index (χ3v) is 9.72. The van der Waals surface area contributed by atoms with Crippen molar-refractivity contribution in [1.82, 2.24) is 31.1 Å². The van der Waals surface area contributed by atoms with Crippen LogP contribution in [0.1, 0.15) is 107 Å². The zero-order chi connectivity index (χ0) is 43.7. The number of amides is 6. The molecule has 1 aromatic carbocycles. The second kappa shape index (κ2) is 23.9. The Bertz CT molecular complexity index is 1520. The molecule has 6 amide bonds. The number of carbonyl (C=O) groups is 8. The highest BCUT2D eigenvalue weighted by Crippen LogP contribution is 2.17. The van der Waals surface area contributed by atoms with E-state index in [1.165, 1.54) is 16.8 Å². The number of aryl methyl sites for hydroxylation is 1. The van der Waals surface area contributed by atoms with Gasteiger partial charge in [-0.2, -0.15) is 0 Å². The molecule has 0 saturated carbocycles. The minimum Gasteiger partial charge on any atom is -0.481 e. The fourth-order valence-corrected chi connectivity index (χ4v) is 6.64. The van der Waals surface area contributed by atoms with Crippen molar-refractivity contribution in [3.63, 3.8) is 0 Å². The molecule has 0 aromatic heterocycles. The Hall–Kier alpha value is -5.02. The van der Waals surface area contributed by atoms with Crippen molar-refractivity contribution in [3.05, 3.63) is 35.9 Å². The van der Waals surface area contributed by atoms with E-state index in [4.69, 9.17) is 0 Å². The number of rotatable bonds is 24. The van der Waals surface area contributed by atoms with Gasteiger partial charge >= 0.3 is 11.9 Å². The highest BCUT2D eigenvalue weighted by atomic mass is 16.4. The lowest BCUT2D eigenvalue weighted by molar-refractivity contribution is -0.145. The van der Waals surface area contributed by atoms with Gasteiger partial charge in [-0.25, -0.2) is 4.79 Å². The maximum absolute atomic E-state index is 14.1. The second-order valence-electron chi connectivity index (χ2n) is 16.0. The van der Waals surface area contributed by atoms with E-state index in [9.17, 15) is 48.6 Å². The third kappa shape index (κ3) is 16.5. The first kappa shape index (κ1) is 50.0. The van der Waals surface area contributed by atoms with Gasteiger partial charge in [0.05, 0.1) is 12.8 Å². The predicted molar refractivity (Wildman–Crippen MR) is 214 cm³/mol. The standard InChI is InChI=1S/C41H66N6O10/c1-12-27(10)35(45-40(55)36(24(4)5)46(11)32(48)19-18-28-16-14-13-15-17-28)39(54)43-29(21-33(49)47(25(6)7)26(8)9)37(52)42-30(22-34(50)51)38(53)44-31(41(56)57)20-23(2)3/h13-17,23-27,29-31,35-36H,12,18-22H2,1-11H3,(H,42,52)(H,43,54)(H,44,53)(H,45,55)(H,50,51)(H,56,57)/t27-,29?,30-,31-,35-,36-/m0/s1. The first-order chi connectivity index (χ1) is 26.5. The van der Waals surface area contributed by atoms with Gasteiger partial charge in [0.2, 0.25) is 35.4 Å². The van der Waals surface area contributed by atoms with Gasteiger partial charge < -0.3 is 41.3 Å². The number of carboxylic acids is 2. The SMILES string of the molecule is CC[C@H](C)[C@H](NC(=O)[C@H](C(C)C)N(C)C(=O)CCc1ccccc1)C(=O)NC(CC(=O)N(C(C)C)C(C)C)C(=O)N[C@@H](CC(=O)O)C(=O)N[C@@H](CC(C)C)C(=O)O. The molecule has 0 aliphatic heterocycles. The van der Waals surface area contributed by atoms with Crippen LogP contribution < -0.4 is 21.3 Å². The Morgan fingerprint density at radius 1 is 0.649 bits per heavy atom. The topological polar surface area (TPSA) is 232 Å². The van der Waals surface area contributed by atoms with Crippen molar-refractivity contribution < 1.29 is 48.6 Å². The number of likely N-dealkylation sites (N-methyl/N-ethyl adjacent to an activating group) is 1. The highest BCUT2D eigenvalue weighted by Gasteiger charge is 2.38. The van der Waals surface area contributed by atoms with Gasteiger partial charge in [-0.05, 0) is 63.9 Å². The quantitative estimate of drug-likeness (QED) is 0.0895. The summed E-state index contributed by atoms with van der Waals surface area (Å²) in [7, 11) is 1.53. The molecule has 1 aromatic rings. The minimum atomic E-state index is -1.77. The van der Waals surface area contributed by atoms with Crippen molar-refractivity contribution in [1.29, 1.82) is 0 Å². The van der Waals surface area contributed by atoms with Crippen LogP contribution in [0.4, 0.5) is 0 Å².